The topological polar surface area (TPSA) is 27.0 Å². The lowest BCUT2D eigenvalue weighted by Crippen LogP contribution is -2.34. The molecule has 0 atom stereocenters. The van der Waals surface area contributed by atoms with Crippen LogP contribution in [0, 0.1) is 17.2 Å². The van der Waals surface area contributed by atoms with Gasteiger partial charge in [-0.25, -0.2) is 0 Å². The molecule has 0 bridgehead atoms. The summed E-state index contributed by atoms with van der Waals surface area (Å²) in [7, 11) is 0. The molecule has 0 aromatic heterocycles. The van der Waals surface area contributed by atoms with E-state index in [0.717, 1.165) is 35.6 Å². The van der Waals surface area contributed by atoms with E-state index in [-0.39, 0.29) is 0 Å². The minimum Gasteiger partial charge on any atom is -0.370 e. The van der Waals surface area contributed by atoms with Crippen molar-refractivity contribution in [3.63, 3.8) is 0 Å². The summed E-state index contributed by atoms with van der Waals surface area (Å²) in [6.45, 7) is 4.44. The Hall–Kier alpha value is -1.01. The number of benzene rings is 1. The Kier molecular flexibility index (Phi) is 5.27. The molecule has 102 valence electrons. The number of nitriles is 1. The summed E-state index contributed by atoms with van der Waals surface area (Å²) in [5, 5.41) is 10.1. The molecule has 1 aliphatic heterocycles. The molecule has 2 nitrogen and oxygen atoms in total. The zero-order valence-electron chi connectivity index (χ0n) is 11.5. The van der Waals surface area contributed by atoms with Gasteiger partial charge >= 0.3 is 0 Å². The van der Waals surface area contributed by atoms with Crippen LogP contribution in [0.5, 0.6) is 0 Å². The third-order valence-corrected chi connectivity index (χ3v) is 4.64. The Labute approximate surface area is 124 Å². The van der Waals surface area contributed by atoms with E-state index in [1.54, 1.807) is 0 Å². The van der Waals surface area contributed by atoms with Gasteiger partial charge in [-0.2, -0.15) is 5.26 Å². The smallest absolute Gasteiger partial charge is 0.101 e. The molecule has 0 amide bonds. The van der Waals surface area contributed by atoms with Crippen LogP contribution in [0.4, 0.5) is 5.69 Å². The van der Waals surface area contributed by atoms with Crippen LogP contribution in [-0.2, 0) is 5.33 Å². The van der Waals surface area contributed by atoms with Gasteiger partial charge in [0.1, 0.15) is 6.07 Å². The van der Waals surface area contributed by atoms with E-state index >= 15 is 0 Å². The fourth-order valence-electron chi connectivity index (χ4n) is 2.90. The second-order valence-electron chi connectivity index (χ2n) is 5.32. The van der Waals surface area contributed by atoms with Crippen molar-refractivity contribution < 1.29 is 0 Å². The molecule has 0 saturated carbocycles. The van der Waals surface area contributed by atoms with E-state index in [2.05, 4.69) is 46.0 Å². The van der Waals surface area contributed by atoms with Gasteiger partial charge in [0.15, 0.2) is 0 Å². The third-order valence-electron chi connectivity index (χ3n) is 3.99. The van der Waals surface area contributed by atoms with Crippen molar-refractivity contribution in [2.75, 3.05) is 18.0 Å². The molecule has 0 aliphatic carbocycles. The first-order chi connectivity index (χ1) is 9.28. The molecule has 0 N–H and O–H groups in total. The van der Waals surface area contributed by atoms with Gasteiger partial charge in [-0.1, -0.05) is 41.8 Å². The molecule has 1 aromatic rings. The first kappa shape index (κ1) is 14.4. The highest BCUT2D eigenvalue weighted by Crippen LogP contribution is 2.29. The maximum Gasteiger partial charge on any atom is 0.101 e. The molecule has 2 rings (SSSR count). The third kappa shape index (κ3) is 3.51. The molecule has 0 spiro atoms. The van der Waals surface area contributed by atoms with Crippen LogP contribution in [0.1, 0.15) is 43.7 Å². The van der Waals surface area contributed by atoms with Gasteiger partial charge in [0.05, 0.1) is 11.3 Å². The minimum absolute atomic E-state index is 0.806. The maximum atomic E-state index is 9.31. The van der Waals surface area contributed by atoms with Crippen LogP contribution in [0.15, 0.2) is 18.2 Å². The molecule has 1 aliphatic rings. The highest BCUT2D eigenvalue weighted by Gasteiger charge is 2.20. The average Bonchev–Trinajstić information content (AvgIpc) is 2.48. The Morgan fingerprint density at radius 3 is 2.68 bits per heavy atom. The predicted octanol–water partition coefficient (Wildman–Crippen LogP) is 4.47. The van der Waals surface area contributed by atoms with E-state index in [1.165, 1.54) is 31.2 Å². The lowest BCUT2D eigenvalue weighted by molar-refractivity contribution is 0.378. The molecule has 0 unspecified atom stereocenters. The van der Waals surface area contributed by atoms with Crippen molar-refractivity contribution in [3.05, 3.63) is 29.3 Å². The molecule has 1 fully saturated rings. The van der Waals surface area contributed by atoms with Gasteiger partial charge < -0.3 is 4.90 Å². The van der Waals surface area contributed by atoms with Gasteiger partial charge in [0.25, 0.3) is 0 Å². The van der Waals surface area contributed by atoms with E-state index in [0.29, 0.717) is 0 Å². The summed E-state index contributed by atoms with van der Waals surface area (Å²) in [6.07, 6.45) is 5.16. The summed E-state index contributed by atoms with van der Waals surface area (Å²) in [5.74, 6) is 0.883. The molecule has 0 radical (unpaired) electrons. The number of hydrogen-bond acceptors (Lipinski definition) is 2. The van der Waals surface area contributed by atoms with Crippen molar-refractivity contribution in [2.24, 2.45) is 5.92 Å². The second kappa shape index (κ2) is 6.96. The lowest BCUT2D eigenvalue weighted by atomic mass is 9.92. The molecule has 3 heteroatoms. The largest absolute Gasteiger partial charge is 0.370 e. The van der Waals surface area contributed by atoms with Crippen LogP contribution in [0.2, 0.25) is 0 Å². The first-order valence-electron chi connectivity index (χ1n) is 7.12. The van der Waals surface area contributed by atoms with Crippen LogP contribution in [0.3, 0.4) is 0 Å². The maximum absolute atomic E-state index is 9.31. The lowest BCUT2D eigenvalue weighted by Gasteiger charge is -2.34. The summed E-state index contributed by atoms with van der Waals surface area (Å²) < 4.78 is 0. The minimum atomic E-state index is 0.806. The molecule has 1 aromatic carbocycles. The Morgan fingerprint density at radius 2 is 2.11 bits per heavy atom. The van der Waals surface area contributed by atoms with Gasteiger partial charge in [-0.05, 0) is 36.5 Å². The first-order valence-corrected chi connectivity index (χ1v) is 8.24. The monoisotopic (exact) mass is 320 g/mol. The zero-order valence-corrected chi connectivity index (χ0v) is 13.1. The van der Waals surface area contributed by atoms with Gasteiger partial charge in [0, 0.05) is 18.4 Å². The number of rotatable bonds is 4. The summed E-state index contributed by atoms with van der Waals surface area (Å²) >= 11 is 3.44. The molecular weight excluding hydrogens is 300 g/mol. The van der Waals surface area contributed by atoms with E-state index < -0.39 is 0 Å². The molecule has 19 heavy (non-hydrogen) atoms. The number of anilines is 1. The predicted molar refractivity (Wildman–Crippen MR) is 83.6 cm³/mol. The number of piperidine rings is 1. The Balaban J connectivity index is 2.09. The highest BCUT2D eigenvalue weighted by atomic mass is 79.9. The number of nitrogens with zero attached hydrogens (tertiary/aromatic N) is 2. The standard InChI is InChI=1S/C16H21BrN2/c1-2-3-13-6-8-19(9-7-13)16-5-4-14(11-17)10-15(16)12-18/h4-5,10,13H,2-3,6-9,11H2,1H3. The summed E-state index contributed by atoms with van der Waals surface area (Å²) in [5.41, 5.74) is 3.09. The van der Waals surface area contributed by atoms with Crippen molar-refractivity contribution in [2.45, 2.75) is 37.9 Å². The molecule has 1 saturated heterocycles. The van der Waals surface area contributed by atoms with Gasteiger partial charge in [-0.15, -0.1) is 0 Å². The SMILES string of the molecule is CCCC1CCN(c2ccc(CBr)cc2C#N)CC1. The normalized spacial score (nSPS) is 16.4. The molecular formula is C16H21BrN2. The summed E-state index contributed by atoms with van der Waals surface area (Å²) in [4.78, 5) is 2.38. The van der Waals surface area contributed by atoms with Gasteiger partial charge in [0.2, 0.25) is 0 Å². The van der Waals surface area contributed by atoms with Crippen molar-refractivity contribution in [1.29, 1.82) is 5.26 Å². The summed E-state index contributed by atoms with van der Waals surface area (Å²) in [6, 6.07) is 8.56. The Morgan fingerprint density at radius 1 is 1.37 bits per heavy atom. The fourth-order valence-corrected chi connectivity index (χ4v) is 3.25. The van der Waals surface area contributed by atoms with Gasteiger partial charge in [-0.3, -0.25) is 0 Å². The quantitative estimate of drug-likeness (QED) is 0.765. The van der Waals surface area contributed by atoms with E-state index in [9.17, 15) is 5.26 Å². The van der Waals surface area contributed by atoms with E-state index in [1.807, 2.05) is 6.07 Å². The van der Waals surface area contributed by atoms with Crippen molar-refractivity contribution >= 4 is 21.6 Å². The highest BCUT2D eigenvalue weighted by molar-refractivity contribution is 9.08. The fraction of sp³-hybridized carbons (Fsp3) is 0.562. The van der Waals surface area contributed by atoms with Crippen LogP contribution in [-0.4, -0.2) is 13.1 Å². The number of alkyl halides is 1. The zero-order chi connectivity index (χ0) is 13.7. The van der Waals surface area contributed by atoms with Crippen LogP contribution in [0.25, 0.3) is 0 Å². The van der Waals surface area contributed by atoms with Crippen molar-refractivity contribution in [3.8, 4) is 6.07 Å². The second-order valence-corrected chi connectivity index (χ2v) is 5.88. The van der Waals surface area contributed by atoms with Crippen molar-refractivity contribution in [1.82, 2.24) is 0 Å². The number of hydrogen-bond donors (Lipinski definition) is 0. The Bertz CT molecular complexity index is 456. The van der Waals surface area contributed by atoms with E-state index in [4.69, 9.17) is 0 Å². The average molecular weight is 321 g/mol. The van der Waals surface area contributed by atoms with Crippen LogP contribution >= 0.6 is 15.9 Å². The van der Waals surface area contributed by atoms with Crippen LogP contribution < -0.4 is 4.90 Å². The molecule has 1 heterocycles. The number of halogens is 1.